The highest BCUT2D eigenvalue weighted by Crippen LogP contribution is 2.19. The first-order valence-corrected chi connectivity index (χ1v) is 29.3. The maximum absolute atomic E-state index is 13.3. The molecule has 88 heavy (non-hydrogen) atoms. The van der Waals surface area contributed by atoms with E-state index in [1.807, 2.05) is 0 Å². The number of anilines is 5. The molecule has 0 aliphatic carbocycles. The maximum atomic E-state index is 13.3. The minimum Gasteiger partial charge on any atom is -0.378 e. The van der Waals surface area contributed by atoms with Gasteiger partial charge < -0.3 is 95.1 Å². The average Bonchev–Trinajstić information content (AvgIpc) is 3.02. The second-order valence-corrected chi connectivity index (χ2v) is 21.3. The molecule has 7 rings (SSSR count). The Morgan fingerprint density at radius 2 is 0.898 bits per heavy atom. The molecule has 5 aromatic rings. The Morgan fingerprint density at radius 1 is 0.477 bits per heavy atom. The van der Waals surface area contributed by atoms with E-state index in [-0.39, 0.29) is 122 Å². The van der Waals surface area contributed by atoms with Crippen LogP contribution in [0.4, 0.5) is 28.8 Å². The van der Waals surface area contributed by atoms with Crippen LogP contribution in [-0.2, 0) is 68.6 Å². The van der Waals surface area contributed by atoms with Gasteiger partial charge in [0, 0.05) is 151 Å². The predicted octanol–water partition coefficient (Wildman–Crippen LogP) is -0.553. The van der Waals surface area contributed by atoms with E-state index in [9.17, 15) is 43.2 Å². The summed E-state index contributed by atoms with van der Waals surface area (Å²) in [5.41, 5.74) is 0.910. The van der Waals surface area contributed by atoms with E-state index in [1.165, 1.54) is 85.3 Å². The molecular weight excluding hydrogens is 1140 g/mol. The number of carbonyl (C=O) groups excluding carboxylic acids is 9. The van der Waals surface area contributed by atoms with Crippen LogP contribution in [0.25, 0.3) is 0 Å². The molecule has 478 valence electrons. The van der Waals surface area contributed by atoms with E-state index in [0.717, 1.165) is 51.7 Å². The van der Waals surface area contributed by atoms with Crippen molar-refractivity contribution in [1.29, 1.82) is 0 Å². The Labute approximate surface area is 508 Å². The van der Waals surface area contributed by atoms with Gasteiger partial charge in [-0.05, 0) is 50.9 Å². The number of hydrogen-bond acceptors (Lipinski definition) is 18. The SMILES string of the molecule is CCNC(=O)c1nc(NC(=O)CCNC(=O)c2cc(NC(=O)c3nc(NC(=O)CCNC(=O)c4cc(NC(=O)c5nc(NC(=O)CCNC(=O)COCCOCCOCCN6CCN(CC7CCNCC7)CC6)cn5C)cn4C)cn3C)cn2C)cn1C. The van der Waals surface area contributed by atoms with Gasteiger partial charge in [0.25, 0.3) is 29.5 Å². The zero-order valence-electron chi connectivity index (χ0n) is 50.8. The number of carbonyl (C=O) groups is 9. The van der Waals surface area contributed by atoms with Crippen molar-refractivity contribution in [3.8, 4) is 0 Å². The van der Waals surface area contributed by atoms with Gasteiger partial charge >= 0.3 is 0 Å². The molecule has 0 spiro atoms. The summed E-state index contributed by atoms with van der Waals surface area (Å²) in [7, 11) is 7.96. The van der Waals surface area contributed by atoms with Gasteiger partial charge in [0.15, 0.2) is 17.5 Å². The third-order valence-corrected chi connectivity index (χ3v) is 14.3. The smallest absolute Gasteiger partial charge is 0.291 e. The molecule has 0 bridgehead atoms. The zero-order valence-corrected chi connectivity index (χ0v) is 50.8. The Bertz CT molecular complexity index is 3220. The fourth-order valence-electron chi connectivity index (χ4n) is 9.71. The summed E-state index contributed by atoms with van der Waals surface area (Å²) in [5.74, 6) is -3.23. The summed E-state index contributed by atoms with van der Waals surface area (Å²) in [6.45, 7) is 12.8. The third-order valence-electron chi connectivity index (χ3n) is 14.3. The standard InChI is InChI=1S/C56H82N20O12/c1-7-58-54(83)49-67-42(33-72(49)4)64-46(78)11-16-60-52(81)40-29-39(32-70(40)2)63-56(85)51-69-44(35-74(51)6)66-47(79)12-17-61-53(82)41-28-38(31-71(41)3)62-55(84)50-68-43(34-73(50)5)65-45(77)10-15-59-48(80)36-88-27-26-87-25-24-86-23-22-75-18-20-76(21-19-75)30-37-8-13-57-14-9-37/h28-29,31-35,37,57H,7-27,30,36H2,1-6H3,(H,58,83)(H,59,80)(H,60,81)(H,61,82)(H,62,84)(H,63,85)(H,64,78)(H,65,77)(H,66,79). The molecular formula is C56H82N20O12. The van der Waals surface area contributed by atoms with E-state index in [4.69, 9.17) is 14.2 Å². The lowest BCUT2D eigenvalue weighted by Gasteiger charge is -2.37. The average molecular weight is 1230 g/mol. The second kappa shape index (κ2) is 33.3. The van der Waals surface area contributed by atoms with E-state index < -0.39 is 41.4 Å². The van der Waals surface area contributed by atoms with Crippen LogP contribution in [0.2, 0.25) is 0 Å². The normalized spacial score (nSPS) is 13.8. The van der Waals surface area contributed by atoms with Crippen molar-refractivity contribution in [2.75, 3.05) is 145 Å². The fourth-order valence-corrected chi connectivity index (χ4v) is 9.71. The highest BCUT2D eigenvalue weighted by molar-refractivity contribution is 6.05. The number of hydrogen-bond donors (Lipinski definition) is 10. The molecule has 2 aliphatic heterocycles. The summed E-state index contributed by atoms with van der Waals surface area (Å²) in [6.07, 6.45) is 9.67. The van der Waals surface area contributed by atoms with Crippen molar-refractivity contribution in [2.24, 2.45) is 41.2 Å². The first-order chi connectivity index (χ1) is 42.3. The predicted molar refractivity (Wildman–Crippen MR) is 323 cm³/mol. The Morgan fingerprint density at radius 3 is 1.36 bits per heavy atom. The van der Waals surface area contributed by atoms with Crippen LogP contribution < -0.4 is 53.2 Å². The van der Waals surface area contributed by atoms with Gasteiger partial charge in [0.2, 0.25) is 41.1 Å². The van der Waals surface area contributed by atoms with Crippen LogP contribution >= 0.6 is 0 Å². The Hall–Kier alpha value is -8.82. The van der Waals surface area contributed by atoms with Gasteiger partial charge in [-0.2, -0.15) is 0 Å². The number of nitrogens with zero attached hydrogens (tertiary/aromatic N) is 10. The minimum absolute atomic E-state index is 0.0163. The van der Waals surface area contributed by atoms with Crippen molar-refractivity contribution in [1.82, 2.24) is 74.2 Å². The van der Waals surface area contributed by atoms with Crippen molar-refractivity contribution in [3.05, 3.63) is 72.0 Å². The van der Waals surface area contributed by atoms with Gasteiger partial charge in [-0.3, -0.25) is 48.1 Å². The largest absolute Gasteiger partial charge is 0.378 e. The highest BCUT2D eigenvalue weighted by Gasteiger charge is 2.24. The molecule has 0 aromatic carbocycles. The maximum Gasteiger partial charge on any atom is 0.291 e. The van der Waals surface area contributed by atoms with Gasteiger partial charge in [-0.1, -0.05) is 0 Å². The molecule has 0 unspecified atom stereocenters. The van der Waals surface area contributed by atoms with E-state index >= 15 is 0 Å². The number of imidazole rings is 3. The third kappa shape index (κ3) is 20.7. The number of aryl methyl sites for hydroxylation is 5. The quantitative estimate of drug-likeness (QED) is 0.0236. The second-order valence-electron chi connectivity index (χ2n) is 21.3. The summed E-state index contributed by atoms with van der Waals surface area (Å²) in [6, 6.07) is 2.89. The van der Waals surface area contributed by atoms with Gasteiger partial charge in [0.1, 0.15) is 18.0 Å². The monoisotopic (exact) mass is 1230 g/mol. The number of nitrogens with one attached hydrogen (secondary N) is 10. The first kappa shape index (κ1) is 66.7. The molecule has 10 N–H and O–H groups in total. The number of amides is 9. The van der Waals surface area contributed by atoms with E-state index in [2.05, 4.69) is 77.9 Å². The molecule has 0 saturated carbocycles. The lowest BCUT2D eigenvalue weighted by molar-refractivity contribution is -0.126. The summed E-state index contributed by atoms with van der Waals surface area (Å²) >= 11 is 0. The van der Waals surface area contributed by atoms with Gasteiger partial charge in [-0.25, -0.2) is 15.0 Å². The first-order valence-electron chi connectivity index (χ1n) is 29.3. The molecule has 2 fully saturated rings. The van der Waals surface area contributed by atoms with Gasteiger partial charge in [-0.15, -0.1) is 0 Å². The summed E-state index contributed by atoms with van der Waals surface area (Å²) in [5, 5.41) is 27.3. The van der Waals surface area contributed by atoms with Crippen LogP contribution in [0.5, 0.6) is 0 Å². The molecule has 2 aliphatic rings. The van der Waals surface area contributed by atoms with Crippen molar-refractivity contribution < 1.29 is 57.4 Å². The molecule has 32 heteroatoms. The molecule has 5 aromatic heterocycles. The number of piperidine rings is 1. The van der Waals surface area contributed by atoms with Crippen LogP contribution in [0.15, 0.2) is 43.1 Å². The molecule has 32 nitrogen and oxygen atoms in total. The van der Waals surface area contributed by atoms with Crippen LogP contribution in [0.3, 0.4) is 0 Å². The lowest BCUT2D eigenvalue weighted by atomic mass is 9.97. The fraction of sp³-hybridized carbons (Fsp3) is 0.536. The van der Waals surface area contributed by atoms with Gasteiger partial charge in [0.05, 0.1) is 44.4 Å². The summed E-state index contributed by atoms with van der Waals surface area (Å²) in [4.78, 5) is 133. The van der Waals surface area contributed by atoms with Crippen LogP contribution in [-0.4, -0.2) is 219 Å². The number of aromatic nitrogens is 8. The van der Waals surface area contributed by atoms with Crippen LogP contribution in [0.1, 0.15) is 91.9 Å². The molecule has 7 heterocycles. The molecule has 0 atom stereocenters. The zero-order chi connectivity index (χ0) is 63.1. The molecule has 2 saturated heterocycles. The van der Waals surface area contributed by atoms with Crippen LogP contribution in [0, 0.1) is 5.92 Å². The summed E-state index contributed by atoms with van der Waals surface area (Å²) < 4.78 is 24.0. The van der Waals surface area contributed by atoms with Crippen molar-refractivity contribution in [3.63, 3.8) is 0 Å². The minimum atomic E-state index is -0.637. The Kier molecular flexibility index (Phi) is 25.3. The number of piperazine rings is 1. The number of rotatable bonds is 33. The van der Waals surface area contributed by atoms with Crippen molar-refractivity contribution >= 4 is 82.0 Å². The highest BCUT2D eigenvalue weighted by atomic mass is 16.5. The lowest BCUT2D eigenvalue weighted by Crippen LogP contribution is -2.49. The molecule has 9 amide bonds. The topological polar surface area (TPSA) is 371 Å². The number of ether oxygens (including phenoxy) is 3. The molecule has 0 radical (unpaired) electrons. The van der Waals surface area contributed by atoms with E-state index in [0.29, 0.717) is 33.0 Å². The van der Waals surface area contributed by atoms with Crippen molar-refractivity contribution in [2.45, 2.75) is 39.0 Å². The van der Waals surface area contributed by atoms with E-state index in [1.54, 1.807) is 42.2 Å². The Balaban J connectivity index is 0.720.